The van der Waals surface area contributed by atoms with Gasteiger partial charge in [-0.15, -0.1) is 0 Å². The SMILES string of the molecule is CCCCc1nc2ccc(C)cc2c(=O)n1Cc1ccc2c(c1)CCN2C(=O)c1cc(Cl)c(Cl)cc1C(=O)O. The predicted octanol–water partition coefficient (Wildman–Crippen LogP) is 6.30. The lowest BCUT2D eigenvalue weighted by Gasteiger charge is -2.19. The van der Waals surface area contributed by atoms with Crippen LogP contribution in [0.4, 0.5) is 5.69 Å². The van der Waals surface area contributed by atoms with E-state index in [1.165, 1.54) is 12.1 Å². The van der Waals surface area contributed by atoms with Gasteiger partial charge in [-0.1, -0.05) is 60.3 Å². The van der Waals surface area contributed by atoms with E-state index in [2.05, 4.69) is 6.92 Å². The summed E-state index contributed by atoms with van der Waals surface area (Å²) in [6.07, 6.45) is 3.23. The molecule has 0 saturated heterocycles. The molecular formula is C30H27Cl2N3O4. The van der Waals surface area contributed by atoms with E-state index in [1.807, 2.05) is 43.3 Å². The Morgan fingerprint density at radius 1 is 1.03 bits per heavy atom. The zero-order valence-corrected chi connectivity index (χ0v) is 23.1. The summed E-state index contributed by atoms with van der Waals surface area (Å²) in [5.41, 5.74) is 4.02. The second-order valence-corrected chi connectivity index (χ2v) is 10.6. The lowest BCUT2D eigenvalue weighted by atomic mass is 10.1. The summed E-state index contributed by atoms with van der Waals surface area (Å²) >= 11 is 12.1. The van der Waals surface area contributed by atoms with Crippen LogP contribution in [0.25, 0.3) is 10.9 Å². The molecule has 1 amide bonds. The van der Waals surface area contributed by atoms with E-state index in [0.29, 0.717) is 42.5 Å². The third-order valence-electron chi connectivity index (χ3n) is 7.09. The van der Waals surface area contributed by atoms with Crippen molar-refractivity contribution in [1.82, 2.24) is 9.55 Å². The molecule has 9 heteroatoms. The molecule has 39 heavy (non-hydrogen) atoms. The first kappa shape index (κ1) is 26.9. The second kappa shape index (κ2) is 10.8. The molecule has 0 atom stereocenters. The number of anilines is 1. The Balaban J connectivity index is 1.49. The largest absolute Gasteiger partial charge is 0.478 e. The van der Waals surface area contributed by atoms with E-state index in [1.54, 1.807) is 9.47 Å². The molecule has 0 saturated carbocycles. The molecule has 1 aromatic heterocycles. The molecule has 0 spiro atoms. The second-order valence-electron chi connectivity index (χ2n) is 9.83. The highest BCUT2D eigenvalue weighted by atomic mass is 35.5. The van der Waals surface area contributed by atoms with Gasteiger partial charge in [0.25, 0.3) is 11.5 Å². The Bertz CT molecular complexity index is 1700. The minimum atomic E-state index is -1.25. The number of amides is 1. The van der Waals surface area contributed by atoms with Crippen LogP contribution in [0.2, 0.25) is 10.0 Å². The van der Waals surface area contributed by atoms with E-state index < -0.39 is 11.9 Å². The maximum absolute atomic E-state index is 13.5. The van der Waals surface area contributed by atoms with Gasteiger partial charge in [0.1, 0.15) is 5.82 Å². The fourth-order valence-electron chi connectivity index (χ4n) is 5.06. The third kappa shape index (κ3) is 5.16. The maximum Gasteiger partial charge on any atom is 0.336 e. The molecule has 1 N–H and O–H groups in total. The number of nitrogens with zero attached hydrogens (tertiary/aromatic N) is 3. The van der Waals surface area contributed by atoms with Gasteiger partial charge in [0.15, 0.2) is 0 Å². The van der Waals surface area contributed by atoms with Crippen LogP contribution in [0.5, 0.6) is 0 Å². The minimum absolute atomic E-state index is 0.0153. The van der Waals surface area contributed by atoms with Gasteiger partial charge in [-0.05, 0) is 61.2 Å². The van der Waals surface area contributed by atoms with Crippen LogP contribution in [0.15, 0.2) is 53.3 Å². The molecule has 0 fully saturated rings. The first-order chi connectivity index (χ1) is 18.7. The van der Waals surface area contributed by atoms with Gasteiger partial charge >= 0.3 is 5.97 Å². The number of halogens is 2. The lowest BCUT2D eigenvalue weighted by molar-refractivity contribution is 0.0692. The van der Waals surface area contributed by atoms with Crippen molar-refractivity contribution in [3.8, 4) is 0 Å². The Labute approximate surface area is 235 Å². The molecule has 4 aromatic rings. The van der Waals surface area contributed by atoms with Crippen LogP contribution in [-0.4, -0.2) is 33.1 Å². The van der Waals surface area contributed by atoms with E-state index in [-0.39, 0.29) is 26.7 Å². The van der Waals surface area contributed by atoms with E-state index >= 15 is 0 Å². The number of hydrogen-bond acceptors (Lipinski definition) is 4. The molecule has 0 aliphatic carbocycles. The highest BCUT2D eigenvalue weighted by Gasteiger charge is 2.29. The number of aromatic nitrogens is 2. The standard InChI is InChI=1S/C30H27Cl2N3O4/c1-3-4-5-27-33-25-8-6-17(2)12-22(25)29(37)35(27)16-18-7-9-26-19(13-18)10-11-34(26)28(36)20-14-23(31)24(32)15-21(20)30(38)39/h6-9,12-15H,3-5,10-11,16H2,1-2H3,(H,38,39). The van der Waals surface area contributed by atoms with Crippen molar-refractivity contribution in [3.63, 3.8) is 0 Å². The smallest absolute Gasteiger partial charge is 0.336 e. The number of fused-ring (bicyclic) bond motifs is 2. The predicted molar refractivity (Wildman–Crippen MR) is 154 cm³/mol. The Morgan fingerprint density at radius 2 is 1.77 bits per heavy atom. The van der Waals surface area contributed by atoms with E-state index in [0.717, 1.165) is 35.4 Å². The summed E-state index contributed by atoms with van der Waals surface area (Å²) in [5.74, 6) is -0.948. The van der Waals surface area contributed by atoms with Crippen LogP contribution in [0.1, 0.15) is 63.0 Å². The molecule has 2 heterocycles. The van der Waals surface area contributed by atoms with Crippen molar-refractivity contribution in [1.29, 1.82) is 0 Å². The van der Waals surface area contributed by atoms with Crippen LogP contribution in [-0.2, 0) is 19.4 Å². The van der Waals surface area contributed by atoms with Gasteiger partial charge in [0.2, 0.25) is 0 Å². The number of rotatable bonds is 7. The molecule has 0 bridgehead atoms. The average molecular weight is 564 g/mol. The van der Waals surface area contributed by atoms with E-state index in [9.17, 15) is 19.5 Å². The Morgan fingerprint density at radius 3 is 2.49 bits per heavy atom. The van der Waals surface area contributed by atoms with Gasteiger partial charge in [-0.25, -0.2) is 9.78 Å². The van der Waals surface area contributed by atoms with Crippen LogP contribution in [0, 0.1) is 6.92 Å². The van der Waals surface area contributed by atoms with Gasteiger partial charge in [-0.2, -0.15) is 0 Å². The number of benzene rings is 3. The van der Waals surface area contributed by atoms with Crippen molar-refractivity contribution in [3.05, 3.63) is 103 Å². The first-order valence-electron chi connectivity index (χ1n) is 12.8. The van der Waals surface area contributed by atoms with Crippen LogP contribution >= 0.6 is 23.2 Å². The number of carboxylic acid groups (broad SMARTS) is 1. The quantitative estimate of drug-likeness (QED) is 0.284. The fraction of sp³-hybridized carbons (Fsp3) is 0.267. The third-order valence-corrected chi connectivity index (χ3v) is 7.81. The number of unbranched alkanes of at least 4 members (excludes halogenated alkanes) is 1. The fourth-order valence-corrected chi connectivity index (χ4v) is 5.39. The number of aromatic carboxylic acids is 1. The zero-order valence-electron chi connectivity index (χ0n) is 21.6. The van der Waals surface area contributed by atoms with Crippen molar-refractivity contribution in [2.45, 2.75) is 46.1 Å². The van der Waals surface area contributed by atoms with Crippen LogP contribution < -0.4 is 10.5 Å². The molecular weight excluding hydrogens is 537 g/mol. The zero-order chi connectivity index (χ0) is 27.8. The van der Waals surface area contributed by atoms with Crippen molar-refractivity contribution in [2.24, 2.45) is 0 Å². The maximum atomic E-state index is 13.5. The number of carbonyl (C=O) groups excluding carboxylic acids is 1. The molecule has 1 aliphatic heterocycles. The molecule has 1 aliphatic rings. The molecule has 0 radical (unpaired) electrons. The summed E-state index contributed by atoms with van der Waals surface area (Å²) in [6.45, 7) is 4.83. The molecule has 200 valence electrons. The summed E-state index contributed by atoms with van der Waals surface area (Å²) < 4.78 is 1.76. The normalized spacial score (nSPS) is 12.7. The average Bonchev–Trinajstić information content (AvgIpc) is 3.33. The summed E-state index contributed by atoms with van der Waals surface area (Å²) in [7, 11) is 0. The van der Waals surface area contributed by atoms with Gasteiger partial charge in [-0.3, -0.25) is 14.2 Å². The topological polar surface area (TPSA) is 92.5 Å². The van der Waals surface area contributed by atoms with Gasteiger partial charge in [0, 0.05) is 18.7 Å². The van der Waals surface area contributed by atoms with Crippen molar-refractivity contribution >= 4 is 51.7 Å². The summed E-state index contributed by atoms with van der Waals surface area (Å²) in [6, 6.07) is 14.0. The molecule has 7 nitrogen and oxygen atoms in total. The number of carboxylic acids is 1. The monoisotopic (exact) mass is 563 g/mol. The first-order valence-corrected chi connectivity index (χ1v) is 13.6. The van der Waals surface area contributed by atoms with Crippen LogP contribution in [0.3, 0.4) is 0 Å². The minimum Gasteiger partial charge on any atom is -0.478 e. The number of carbonyl (C=O) groups is 2. The summed E-state index contributed by atoms with van der Waals surface area (Å²) in [4.78, 5) is 45.1. The number of hydrogen-bond donors (Lipinski definition) is 1. The lowest BCUT2D eigenvalue weighted by Crippen LogP contribution is -2.30. The molecule has 3 aromatic carbocycles. The van der Waals surface area contributed by atoms with E-state index in [4.69, 9.17) is 28.2 Å². The Hall–Kier alpha value is -3.68. The highest BCUT2D eigenvalue weighted by Crippen LogP contribution is 2.33. The summed E-state index contributed by atoms with van der Waals surface area (Å²) in [5, 5.41) is 10.4. The Kier molecular flexibility index (Phi) is 7.47. The highest BCUT2D eigenvalue weighted by molar-refractivity contribution is 6.42. The van der Waals surface area contributed by atoms with Gasteiger partial charge < -0.3 is 10.0 Å². The number of aryl methyl sites for hydroxylation is 2. The molecule has 5 rings (SSSR count). The van der Waals surface area contributed by atoms with Gasteiger partial charge in [0.05, 0.1) is 38.6 Å². The molecule has 0 unspecified atom stereocenters. The van der Waals surface area contributed by atoms with Crippen molar-refractivity contribution in [2.75, 3.05) is 11.4 Å². The van der Waals surface area contributed by atoms with Crippen molar-refractivity contribution < 1.29 is 14.7 Å².